The highest BCUT2D eigenvalue weighted by atomic mass is 16.3. The smallest absolute Gasteiger partial charge is 0.164 e. The number of rotatable bonds is 4. The summed E-state index contributed by atoms with van der Waals surface area (Å²) in [7, 11) is 0. The van der Waals surface area contributed by atoms with Crippen molar-refractivity contribution in [3.63, 3.8) is 0 Å². The maximum atomic E-state index is 6.83. The highest BCUT2D eigenvalue weighted by molar-refractivity contribution is 6.26. The number of hydrogen-bond donors (Lipinski definition) is 0. The Kier molecular flexibility index (Phi) is 5.86. The second-order valence-electron chi connectivity index (χ2n) is 12.8. The van der Waals surface area contributed by atoms with E-state index in [1.54, 1.807) is 0 Å². The molecule has 0 unspecified atom stereocenters. The molecule has 11 aromatic rings. The molecule has 6 nitrogen and oxygen atoms in total. The molecule has 0 saturated heterocycles. The van der Waals surface area contributed by atoms with E-state index >= 15 is 0 Å². The Morgan fingerprint density at radius 3 is 1.59 bits per heavy atom. The van der Waals surface area contributed by atoms with Crippen LogP contribution in [0.1, 0.15) is 0 Å². The Morgan fingerprint density at radius 1 is 0.373 bits per heavy atom. The summed E-state index contributed by atoms with van der Waals surface area (Å²) in [5.41, 5.74) is 9.12. The minimum atomic E-state index is 0.583. The third kappa shape index (κ3) is 4.14. The van der Waals surface area contributed by atoms with Gasteiger partial charge >= 0.3 is 0 Å². The van der Waals surface area contributed by atoms with Gasteiger partial charge in [0, 0.05) is 38.2 Å². The van der Waals surface area contributed by atoms with Crippen LogP contribution in [0.5, 0.6) is 0 Å². The van der Waals surface area contributed by atoms with Crippen molar-refractivity contribution in [1.29, 1.82) is 0 Å². The summed E-state index contributed by atoms with van der Waals surface area (Å²) in [6.07, 6.45) is 0. The predicted molar refractivity (Wildman–Crippen MR) is 205 cm³/mol. The van der Waals surface area contributed by atoms with Crippen LogP contribution in [0.2, 0.25) is 0 Å². The first-order valence-corrected chi connectivity index (χ1v) is 17.0. The first-order valence-electron chi connectivity index (χ1n) is 17.0. The molecule has 51 heavy (non-hydrogen) atoms. The van der Waals surface area contributed by atoms with E-state index in [0.29, 0.717) is 17.5 Å². The summed E-state index contributed by atoms with van der Waals surface area (Å²) in [4.78, 5) is 15.0. The van der Waals surface area contributed by atoms with Crippen molar-refractivity contribution in [2.24, 2.45) is 0 Å². The molecule has 238 valence electrons. The van der Waals surface area contributed by atoms with Gasteiger partial charge in [-0.05, 0) is 42.5 Å². The molecule has 0 radical (unpaired) electrons. The van der Waals surface area contributed by atoms with Gasteiger partial charge < -0.3 is 13.4 Å². The fourth-order valence-electron chi connectivity index (χ4n) is 7.65. The van der Waals surface area contributed by atoms with Gasteiger partial charge in [0.2, 0.25) is 0 Å². The Hall–Kier alpha value is -7.05. The molecular weight excluding hydrogens is 629 g/mol. The maximum absolute atomic E-state index is 6.83. The van der Waals surface area contributed by atoms with Crippen molar-refractivity contribution in [2.75, 3.05) is 0 Å². The van der Waals surface area contributed by atoms with E-state index < -0.39 is 0 Å². The third-order valence-corrected chi connectivity index (χ3v) is 9.86. The van der Waals surface area contributed by atoms with Crippen LogP contribution in [-0.4, -0.2) is 19.5 Å². The van der Waals surface area contributed by atoms with Crippen LogP contribution in [0.4, 0.5) is 0 Å². The summed E-state index contributed by atoms with van der Waals surface area (Å²) >= 11 is 0. The standard InChI is InChI=1S/C45H26N4O2/c1-3-13-27(14-4-1)43-46-44(28-15-5-2-6-16-28)48-45(47-43)32-19-11-23-36-39(32)31-25-26-38-41(42(31)51-36)40-35(22-12-24-37(40)50-38)49-33-20-9-7-17-29(33)30-18-8-10-21-34(30)49/h1-26H. The minimum Gasteiger partial charge on any atom is -0.456 e. The molecule has 0 spiro atoms. The average molecular weight is 655 g/mol. The number of hydrogen-bond acceptors (Lipinski definition) is 5. The molecule has 0 aliphatic heterocycles. The van der Waals surface area contributed by atoms with Crippen LogP contribution in [0.15, 0.2) is 167 Å². The van der Waals surface area contributed by atoms with E-state index in [0.717, 1.165) is 77.3 Å². The van der Waals surface area contributed by atoms with Crippen LogP contribution < -0.4 is 0 Å². The fraction of sp³-hybridized carbons (Fsp3) is 0. The molecule has 0 aliphatic rings. The van der Waals surface area contributed by atoms with Crippen molar-refractivity contribution in [1.82, 2.24) is 19.5 Å². The fourth-order valence-corrected chi connectivity index (χ4v) is 7.65. The quantitative estimate of drug-likeness (QED) is 0.189. The number of benzene rings is 7. The number of aromatic nitrogens is 4. The molecule has 4 heterocycles. The van der Waals surface area contributed by atoms with Gasteiger partial charge in [0.1, 0.15) is 22.3 Å². The molecule has 7 aromatic carbocycles. The van der Waals surface area contributed by atoms with Crippen LogP contribution in [0, 0.1) is 0 Å². The first-order chi connectivity index (χ1) is 25.3. The zero-order chi connectivity index (χ0) is 33.5. The van der Waals surface area contributed by atoms with Gasteiger partial charge in [0.25, 0.3) is 0 Å². The van der Waals surface area contributed by atoms with Crippen LogP contribution in [0.25, 0.3) is 106 Å². The second kappa shape index (κ2) is 10.7. The zero-order valence-corrected chi connectivity index (χ0v) is 27.1. The predicted octanol–water partition coefficient (Wildman–Crippen LogP) is 11.8. The first kappa shape index (κ1) is 27.9. The van der Waals surface area contributed by atoms with Gasteiger partial charge in [0.15, 0.2) is 17.5 Å². The van der Waals surface area contributed by atoms with Crippen LogP contribution in [-0.2, 0) is 0 Å². The molecular formula is C45H26N4O2. The SMILES string of the molecule is c1ccc(-c2nc(-c3ccccc3)nc(-c3cccc4oc5c(ccc6oc7cccc(-n8c9ccccc9c9ccccc98)c7c65)c34)n2)cc1. The normalized spacial score (nSPS) is 11.9. The topological polar surface area (TPSA) is 69.9 Å². The molecule has 6 heteroatoms. The van der Waals surface area contributed by atoms with Gasteiger partial charge in [-0.15, -0.1) is 0 Å². The van der Waals surface area contributed by atoms with Crippen LogP contribution >= 0.6 is 0 Å². The Morgan fingerprint density at radius 2 is 0.922 bits per heavy atom. The average Bonchev–Trinajstić information content (AvgIpc) is 3.88. The van der Waals surface area contributed by atoms with Crippen molar-refractivity contribution >= 4 is 65.7 Å². The number of fused-ring (bicyclic) bond motifs is 10. The van der Waals surface area contributed by atoms with Gasteiger partial charge in [-0.1, -0.05) is 115 Å². The molecule has 0 N–H and O–H groups in total. The third-order valence-electron chi connectivity index (χ3n) is 9.86. The highest BCUT2D eigenvalue weighted by Gasteiger charge is 2.23. The molecule has 0 atom stereocenters. The largest absolute Gasteiger partial charge is 0.456 e. The highest BCUT2D eigenvalue weighted by Crippen LogP contribution is 2.45. The lowest BCUT2D eigenvalue weighted by Gasteiger charge is -2.09. The zero-order valence-electron chi connectivity index (χ0n) is 27.1. The number of furan rings is 2. The Balaban J connectivity index is 1.21. The van der Waals surface area contributed by atoms with E-state index in [1.807, 2.05) is 78.9 Å². The minimum absolute atomic E-state index is 0.583. The molecule has 0 bridgehead atoms. The number of para-hydroxylation sites is 2. The van der Waals surface area contributed by atoms with E-state index in [-0.39, 0.29) is 0 Å². The van der Waals surface area contributed by atoms with Crippen molar-refractivity contribution in [3.05, 3.63) is 158 Å². The van der Waals surface area contributed by atoms with Crippen LogP contribution in [0.3, 0.4) is 0 Å². The summed E-state index contributed by atoms with van der Waals surface area (Å²) < 4.78 is 15.7. The van der Waals surface area contributed by atoms with Gasteiger partial charge in [-0.3, -0.25) is 0 Å². The van der Waals surface area contributed by atoms with Gasteiger partial charge in [-0.25, -0.2) is 15.0 Å². The van der Waals surface area contributed by atoms with Gasteiger partial charge in [0.05, 0.1) is 27.5 Å². The van der Waals surface area contributed by atoms with Crippen molar-refractivity contribution in [3.8, 4) is 39.9 Å². The molecule has 11 rings (SSSR count). The molecule has 0 fully saturated rings. The summed E-state index contributed by atoms with van der Waals surface area (Å²) in [6, 6.07) is 53.7. The van der Waals surface area contributed by atoms with E-state index in [9.17, 15) is 0 Å². The van der Waals surface area contributed by atoms with E-state index in [2.05, 4.69) is 83.4 Å². The van der Waals surface area contributed by atoms with Crippen molar-refractivity contribution in [2.45, 2.75) is 0 Å². The Labute approximate surface area is 290 Å². The molecule has 0 saturated carbocycles. The van der Waals surface area contributed by atoms with E-state index in [4.69, 9.17) is 23.8 Å². The maximum Gasteiger partial charge on any atom is 0.164 e. The second-order valence-corrected chi connectivity index (χ2v) is 12.8. The monoisotopic (exact) mass is 654 g/mol. The lowest BCUT2D eigenvalue weighted by atomic mass is 10.0. The lowest BCUT2D eigenvalue weighted by Crippen LogP contribution is -2.00. The summed E-state index contributed by atoms with van der Waals surface area (Å²) in [6.45, 7) is 0. The Bertz CT molecular complexity index is 3030. The molecule has 0 aliphatic carbocycles. The summed E-state index contributed by atoms with van der Waals surface area (Å²) in [5.74, 6) is 1.81. The molecule has 0 amide bonds. The number of nitrogens with zero attached hydrogens (tertiary/aromatic N) is 4. The lowest BCUT2D eigenvalue weighted by molar-refractivity contribution is 0.663. The summed E-state index contributed by atoms with van der Waals surface area (Å²) in [5, 5.41) is 6.27. The molecule has 4 aromatic heterocycles. The van der Waals surface area contributed by atoms with Gasteiger partial charge in [-0.2, -0.15) is 0 Å². The van der Waals surface area contributed by atoms with E-state index in [1.165, 1.54) is 10.8 Å². The van der Waals surface area contributed by atoms with Crippen molar-refractivity contribution < 1.29 is 8.83 Å².